The molecule has 0 atom stereocenters. The van der Waals surface area contributed by atoms with Crippen molar-refractivity contribution in [3.8, 4) is 0 Å². The van der Waals surface area contributed by atoms with Gasteiger partial charge in [0.2, 0.25) is 0 Å². The van der Waals surface area contributed by atoms with Gasteiger partial charge in [-0.3, -0.25) is 9.98 Å². The van der Waals surface area contributed by atoms with Gasteiger partial charge in [-0.1, -0.05) is 69.0 Å². The summed E-state index contributed by atoms with van der Waals surface area (Å²) in [5, 5.41) is 0. The molecule has 4 heteroatoms. The highest BCUT2D eigenvalue weighted by Crippen LogP contribution is 2.28. The quantitative estimate of drug-likeness (QED) is 0.332. The van der Waals surface area contributed by atoms with E-state index in [0.717, 1.165) is 65.3 Å². The van der Waals surface area contributed by atoms with Gasteiger partial charge in [0.1, 0.15) is 0 Å². The molecule has 0 bridgehead atoms. The lowest BCUT2D eigenvalue weighted by molar-refractivity contribution is 0.879. The van der Waals surface area contributed by atoms with E-state index in [1.54, 1.807) is 0 Å². The molecule has 0 amide bonds. The first kappa shape index (κ1) is 23.5. The van der Waals surface area contributed by atoms with Crippen LogP contribution in [0.1, 0.15) is 63.3 Å². The van der Waals surface area contributed by atoms with E-state index >= 15 is 0 Å². The summed E-state index contributed by atoms with van der Waals surface area (Å²) in [6.07, 6.45) is 14.1. The maximum Gasteiger partial charge on any atom is 0.155 e. The second kappa shape index (κ2) is 11.0. The second-order valence-corrected chi connectivity index (χ2v) is 8.94. The van der Waals surface area contributed by atoms with Crippen LogP contribution in [-0.2, 0) is 0 Å². The molecule has 0 saturated heterocycles. The average molecular weight is 449 g/mol. The highest BCUT2D eigenvalue weighted by molar-refractivity contribution is 6.09. The van der Waals surface area contributed by atoms with Gasteiger partial charge in [0.25, 0.3) is 0 Å². The third-order valence-electron chi connectivity index (χ3n) is 6.17. The molecule has 1 aliphatic carbocycles. The molecule has 0 fully saturated rings. The van der Waals surface area contributed by atoms with Crippen LogP contribution in [0.15, 0.2) is 94.0 Å². The molecule has 1 aromatic heterocycles. The van der Waals surface area contributed by atoms with E-state index in [1.165, 1.54) is 5.57 Å². The largest absolute Gasteiger partial charge is 0.261 e. The summed E-state index contributed by atoms with van der Waals surface area (Å²) in [4.78, 5) is 18.8. The zero-order valence-electron chi connectivity index (χ0n) is 20.3. The van der Waals surface area contributed by atoms with E-state index in [1.807, 2.05) is 24.5 Å². The van der Waals surface area contributed by atoms with Crippen molar-refractivity contribution in [1.29, 1.82) is 0 Å². The molecule has 0 unspecified atom stereocenters. The van der Waals surface area contributed by atoms with Gasteiger partial charge in [-0.25, -0.2) is 9.98 Å². The summed E-state index contributed by atoms with van der Waals surface area (Å²) in [5.74, 6) is 1.10. The smallest absolute Gasteiger partial charge is 0.155 e. The minimum atomic E-state index is 0.353. The van der Waals surface area contributed by atoms with Crippen molar-refractivity contribution in [3.63, 3.8) is 0 Å². The number of nitrogens with zero attached hydrogens (tertiary/aromatic N) is 4. The molecule has 0 spiro atoms. The van der Waals surface area contributed by atoms with Crippen LogP contribution < -0.4 is 0 Å². The molecule has 2 aromatic rings. The monoisotopic (exact) mass is 448 g/mol. The molecule has 172 valence electrons. The standard InChI is InChI=1S/C30H32N4/c1-21(2)22(3)33-30(27-17-15-26(16-18-27)29-10-6-8-20-32-29)34-23(4)24-11-13-25(14-12-24)28-9-5-7-19-31-28/h6,8-15,17,19-21H,4-5,7,16,18H2,1-3H3. The second-order valence-electron chi connectivity index (χ2n) is 8.94. The Morgan fingerprint density at radius 2 is 1.79 bits per heavy atom. The first-order valence-electron chi connectivity index (χ1n) is 12.0. The maximum absolute atomic E-state index is 4.92. The average Bonchev–Trinajstić information content (AvgIpc) is 2.89. The Hall–Kier alpha value is -3.66. The minimum Gasteiger partial charge on any atom is -0.261 e. The molecular formula is C30H32N4. The molecule has 2 heterocycles. The minimum absolute atomic E-state index is 0.353. The van der Waals surface area contributed by atoms with E-state index in [2.05, 4.69) is 85.9 Å². The van der Waals surface area contributed by atoms with Gasteiger partial charge < -0.3 is 0 Å². The number of pyridine rings is 1. The van der Waals surface area contributed by atoms with Crippen molar-refractivity contribution in [2.75, 3.05) is 0 Å². The van der Waals surface area contributed by atoms with E-state index in [4.69, 9.17) is 9.98 Å². The number of rotatable bonds is 6. The molecular weight excluding hydrogens is 416 g/mol. The van der Waals surface area contributed by atoms with Crippen molar-refractivity contribution in [1.82, 2.24) is 4.98 Å². The lowest BCUT2D eigenvalue weighted by Gasteiger charge is -2.16. The zero-order valence-corrected chi connectivity index (χ0v) is 20.3. The fourth-order valence-electron chi connectivity index (χ4n) is 3.78. The van der Waals surface area contributed by atoms with Crippen LogP contribution in [0.25, 0.3) is 17.0 Å². The van der Waals surface area contributed by atoms with E-state index < -0.39 is 0 Å². The molecule has 34 heavy (non-hydrogen) atoms. The number of benzene rings is 1. The van der Waals surface area contributed by atoms with Crippen molar-refractivity contribution in [3.05, 3.63) is 95.9 Å². The molecule has 1 aromatic carbocycles. The van der Waals surface area contributed by atoms with Gasteiger partial charge in [0.15, 0.2) is 5.84 Å². The number of hydrogen-bond acceptors (Lipinski definition) is 3. The molecule has 1 aliphatic heterocycles. The molecule has 0 radical (unpaired) electrons. The number of allylic oxidation sites excluding steroid dienone is 4. The fourth-order valence-corrected chi connectivity index (χ4v) is 3.78. The van der Waals surface area contributed by atoms with Crippen LogP contribution >= 0.6 is 0 Å². The van der Waals surface area contributed by atoms with Crippen LogP contribution in [0.4, 0.5) is 0 Å². The van der Waals surface area contributed by atoms with Crippen LogP contribution in [0, 0.1) is 5.92 Å². The number of amidine groups is 1. The zero-order chi connectivity index (χ0) is 23.9. The molecule has 2 aliphatic rings. The van der Waals surface area contributed by atoms with Crippen LogP contribution in [0.2, 0.25) is 0 Å². The molecule has 0 saturated carbocycles. The Kier molecular flexibility index (Phi) is 7.58. The van der Waals surface area contributed by atoms with Gasteiger partial charge in [0, 0.05) is 18.1 Å². The Labute approximate surface area is 203 Å². The Bertz CT molecular complexity index is 1220. The lowest BCUT2D eigenvalue weighted by atomic mass is 9.95. The highest BCUT2D eigenvalue weighted by Gasteiger charge is 2.15. The van der Waals surface area contributed by atoms with Crippen molar-refractivity contribution < 1.29 is 0 Å². The maximum atomic E-state index is 4.92. The normalized spacial score (nSPS) is 16.8. The SMILES string of the molecule is C=C(N=C(N=C(C)C(C)C)C1=CC=C(c2ccccn2)CC1)c1ccc(C2=CCCC=N2)cc1. The number of aromatic nitrogens is 1. The summed E-state index contributed by atoms with van der Waals surface area (Å²) in [7, 11) is 0. The third kappa shape index (κ3) is 5.82. The Morgan fingerprint density at radius 1 is 0.971 bits per heavy atom. The van der Waals surface area contributed by atoms with Crippen LogP contribution in [0.5, 0.6) is 0 Å². The van der Waals surface area contributed by atoms with Crippen molar-refractivity contribution >= 4 is 34.7 Å². The lowest BCUT2D eigenvalue weighted by Crippen LogP contribution is -2.10. The molecule has 4 rings (SSSR count). The van der Waals surface area contributed by atoms with E-state index in [-0.39, 0.29) is 0 Å². The van der Waals surface area contributed by atoms with Crippen molar-refractivity contribution in [2.45, 2.75) is 46.5 Å². The Morgan fingerprint density at radius 3 is 2.41 bits per heavy atom. The Balaban J connectivity index is 1.61. The summed E-state index contributed by atoms with van der Waals surface area (Å²) in [6, 6.07) is 14.3. The molecule has 4 nitrogen and oxygen atoms in total. The van der Waals surface area contributed by atoms with Crippen LogP contribution in [-0.4, -0.2) is 22.7 Å². The number of hydrogen-bond donors (Lipinski definition) is 0. The summed E-state index contributed by atoms with van der Waals surface area (Å²) < 4.78 is 0. The predicted octanol–water partition coefficient (Wildman–Crippen LogP) is 7.58. The predicted molar refractivity (Wildman–Crippen MR) is 146 cm³/mol. The van der Waals surface area contributed by atoms with Gasteiger partial charge in [-0.2, -0.15) is 0 Å². The first-order chi connectivity index (χ1) is 16.5. The fraction of sp³-hybridized carbons (Fsp3) is 0.267. The summed E-state index contributed by atoms with van der Waals surface area (Å²) >= 11 is 0. The van der Waals surface area contributed by atoms with Gasteiger partial charge in [-0.15, -0.1) is 0 Å². The van der Waals surface area contributed by atoms with Crippen LogP contribution in [0.3, 0.4) is 0 Å². The van der Waals surface area contributed by atoms with Gasteiger partial charge >= 0.3 is 0 Å². The molecule has 0 N–H and O–H groups in total. The van der Waals surface area contributed by atoms with Gasteiger partial charge in [-0.05, 0) is 72.9 Å². The third-order valence-corrected chi connectivity index (χ3v) is 6.17. The van der Waals surface area contributed by atoms with Crippen molar-refractivity contribution in [2.24, 2.45) is 20.9 Å². The summed E-state index contributed by atoms with van der Waals surface area (Å²) in [6.45, 7) is 10.6. The number of aliphatic imine (C=N–C) groups is 3. The first-order valence-corrected chi connectivity index (χ1v) is 12.0. The topological polar surface area (TPSA) is 50.0 Å². The van der Waals surface area contributed by atoms with Gasteiger partial charge in [0.05, 0.1) is 17.1 Å². The van der Waals surface area contributed by atoms with E-state index in [0.29, 0.717) is 11.6 Å². The highest BCUT2D eigenvalue weighted by atomic mass is 14.9. The summed E-state index contributed by atoms with van der Waals surface area (Å²) in [5.41, 5.74) is 8.30. The van der Waals surface area contributed by atoms with E-state index in [9.17, 15) is 0 Å².